The van der Waals surface area contributed by atoms with E-state index in [1.54, 1.807) is 19.3 Å². The molecule has 0 aliphatic carbocycles. The van der Waals surface area contributed by atoms with Crippen LogP contribution in [0, 0.1) is 0 Å². The topological polar surface area (TPSA) is 52.5 Å². The fraction of sp³-hybridized carbons (Fsp3) is 0.368. The van der Waals surface area contributed by atoms with Gasteiger partial charge in [0.1, 0.15) is 5.15 Å². The SMILES string of the molecule is CCN(CCCNC(=NC)NCc1ccc(Cl)nc1)c1ccccc1.I. The van der Waals surface area contributed by atoms with E-state index in [9.17, 15) is 0 Å². The molecule has 1 aromatic carbocycles. The first-order valence-corrected chi connectivity index (χ1v) is 8.95. The van der Waals surface area contributed by atoms with E-state index in [2.05, 4.69) is 56.7 Å². The van der Waals surface area contributed by atoms with Crippen LogP contribution in [0.4, 0.5) is 5.69 Å². The summed E-state index contributed by atoms with van der Waals surface area (Å²) in [7, 11) is 1.78. The number of hydrogen-bond acceptors (Lipinski definition) is 3. The number of hydrogen-bond donors (Lipinski definition) is 2. The van der Waals surface area contributed by atoms with Gasteiger partial charge in [-0.15, -0.1) is 24.0 Å². The summed E-state index contributed by atoms with van der Waals surface area (Å²) in [5, 5.41) is 7.13. The van der Waals surface area contributed by atoms with Gasteiger partial charge in [0.05, 0.1) is 0 Å². The Balaban J connectivity index is 0.00000338. The van der Waals surface area contributed by atoms with E-state index in [1.165, 1.54) is 5.69 Å². The van der Waals surface area contributed by atoms with Crippen molar-refractivity contribution >= 4 is 47.2 Å². The zero-order valence-corrected chi connectivity index (χ0v) is 18.4. The van der Waals surface area contributed by atoms with E-state index in [0.29, 0.717) is 11.7 Å². The first-order chi connectivity index (χ1) is 12.2. The number of benzene rings is 1. The minimum atomic E-state index is 0. The molecule has 0 fully saturated rings. The molecule has 142 valence electrons. The third kappa shape index (κ3) is 7.78. The Morgan fingerprint density at radius 3 is 2.54 bits per heavy atom. The second-order valence-corrected chi connectivity index (χ2v) is 6.00. The number of aliphatic imine (C=N–C) groups is 1. The molecule has 0 spiro atoms. The fourth-order valence-electron chi connectivity index (χ4n) is 2.50. The summed E-state index contributed by atoms with van der Waals surface area (Å²) in [6, 6.07) is 14.2. The van der Waals surface area contributed by atoms with Gasteiger partial charge in [-0.25, -0.2) is 4.98 Å². The van der Waals surface area contributed by atoms with Crippen molar-refractivity contribution < 1.29 is 0 Å². The van der Waals surface area contributed by atoms with Crippen LogP contribution in [-0.2, 0) is 6.54 Å². The van der Waals surface area contributed by atoms with Gasteiger partial charge in [0.15, 0.2) is 5.96 Å². The molecule has 0 saturated heterocycles. The van der Waals surface area contributed by atoms with Gasteiger partial charge in [-0.3, -0.25) is 4.99 Å². The van der Waals surface area contributed by atoms with Gasteiger partial charge < -0.3 is 15.5 Å². The quantitative estimate of drug-likeness (QED) is 0.195. The van der Waals surface area contributed by atoms with Gasteiger partial charge in [0.25, 0.3) is 0 Å². The number of anilines is 1. The Hall–Kier alpha value is -1.54. The fourth-order valence-corrected chi connectivity index (χ4v) is 2.61. The van der Waals surface area contributed by atoms with Crippen LogP contribution >= 0.6 is 35.6 Å². The molecule has 1 aromatic heterocycles. The average molecular weight is 488 g/mol. The molecule has 2 N–H and O–H groups in total. The highest BCUT2D eigenvalue weighted by Crippen LogP contribution is 2.12. The number of nitrogens with zero attached hydrogens (tertiary/aromatic N) is 3. The van der Waals surface area contributed by atoms with E-state index >= 15 is 0 Å². The lowest BCUT2D eigenvalue weighted by Crippen LogP contribution is -2.38. The molecule has 0 bridgehead atoms. The number of rotatable bonds is 8. The highest BCUT2D eigenvalue weighted by Gasteiger charge is 2.04. The van der Waals surface area contributed by atoms with E-state index in [-0.39, 0.29) is 24.0 Å². The van der Waals surface area contributed by atoms with Crippen LogP contribution in [0.1, 0.15) is 18.9 Å². The number of nitrogens with one attached hydrogen (secondary N) is 2. The second kappa shape index (κ2) is 12.8. The Morgan fingerprint density at radius 1 is 1.15 bits per heavy atom. The molecule has 0 radical (unpaired) electrons. The maximum absolute atomic E-state index is 5.80. The molecule has 0 aliphatic rings. The lowest BCUT2D eigenvalue weighted by atomic mass is 10.2. The first kappa shape index (κ1) is 22.5. The number of para-hydroxylation sites is 1. The molecule has 0 atom stereocenters. The number of guanidine groups is 1. The smallest absolute Gasteiger partial charge is 0.191 e. The van der Waals surface area contributed by atoms with Crippen molar-refractivity contribution in [2.75, 3.05) is 31.6 Å². The molecular weight excluding hydrogens is 461 g/mol. The van der Waals surface area contributed by atoms with Crippen molar-refractivity contribution in [2.24, 2.45) is 4.99 Å². The van der Waals surface area contributed by atoms with Crippen LogP contribution in [0.3, 0.4) is 0 Å². The Bertz CT molecular complexity index is 649. The molecule has 7 heteroatoms. The third-order valence-electron chi connectivity index (χ3n) is 3.87. The van der Waals surface area contributed by atoms with E-state index in [1.807, 2.05) is 12.1 Å². The Kier molecular flexibility index (Phi) is 11.0. The molecular formula is C19H27ClIN5. The summed E-state index contributed by atoms with van der Waals surface area (Å²) in [5.41, 5.74) is 2.33. The van der Waals surface area contributed by atoms with Crippen molar-refractivity contribution in [1.82, 2.24) is 15.6 Å². The summed E-state index contributed by atoms with van der Waals surface area (Å²) < 4.78 is 0. The number of pyridine rings is 1. The van der Waals surface area contributed by atoms with E-state index in [4.69, 9.17) is 11.6 Å². The van der Waals surface area contributed by atoms with Crippen LogP contribution in [0.15, 0.2) is 53.7 Å². The van der Waals surface area contributed by atoms with Gasteiger partial charge in [-0.1, -0.05) is 35.9 Å². The largest absolute Gasteiger partial charge is 0.372 e. The van der Waals surface area contributed by atoms with Gasteiger partial charge in [0.2, 0.25) is 0 Å². The number of halogens is 2. The molecule has 1 heterocycles. The molecule has 2 aromatic rings. The van der Waals surface area contributed by atoms with Crippen LogP contribution in [0.2, 0.25) is 5.15 Å². The molecule has 5 nitrogen and oxygen atoms in total. The van der Waals surface area contributed by atoms with Gasteiger partial charge in [0, 0.05) is 45.1 Å². The molecule has 0 unspecified atom stereocenters. The van der Waals surface area contributed by atoms with Crippen LogP contribution < -0.4 is 15.5 Å². The van der Waals surface area contributed by atoms with Crippen molar-refractivity contribution in [2.45, 2.75) is 19.9 Å². The Labute approximate surface area is 178 Å². The van der Waals surface area contributed by atoms with Crippen molar-refractivity contribution in [3.63, 3.8) is 0 Å². The second-order valence-electron chi connectivity index (χ2n) is 5.61. The minimum absolute atomic E-state index is 0. The lowest BCUT2D eigenvalue weighted by Gasteiger charge is -2.23. The molecule has 0 amide bonds. The molecule has 0 saturated carbocycles. The van der Waals surface area contributed by atoms with Crippen molar-refractivity contribution in [3.05, 3.63) is 59.4 Å². The van der Waals surface area contributed by atoms with Crippen LogP contribution in [0.25, 0.3) is 0 Å². The molecule has 26 heavy (non-hydrogen) atoms. The highest BCUT2D eigenvalue weighted by atomic mass is 127. The summed E-state index contributed by atoms with van der Waals surface area (Å²) >= 11 is 5.80. The predicted octanol–water partition coefficient (Wildman–Crippen LogP) is 3.93. The molecule has 0 aliphatic heterocycles. The summed E-state index contributed by atoms with van der Waals surface area (Å²) in [6.45, 7) is 5.71. The normalized spacial score (nSPS) is 10.8. The van der Waals surface area contributed by atoms with E-state index < -0.39 is 0 Å². The monoisotopic (exact) mass is 487 g/mol. The predicted molar refractivity (Wildman–Crippen MR) is 122 cm³/mol. The summed E-state index contributed by atoms with van der Waals surface area (Å²) in [5.74, 6) is 0.790. The van der Waals surface area contributed by atoms with E-state index in [0.717, 1.165) is 37.6 Å². The third-order valence-corrected chi connectivity index (χ3v) is 4.10. The molecule has 2 rings (SSSR count). The zero-order valence-electron chi connectivity index (χ0n) is 15.3. The minimum Gasteiger partial charge on any atom is -0.372 e. The van der Waals surface area contributed by atoms with Crippen LogP contribution in [0.5, 0.6) is 0 Å². The summed E-state index contributed by atoms with van der Waals surface area (Å²) in [6.07, 6.45) is 2.80. The van der Waals surface area contributed by atoms with Crippen molar-refractivity contribution in [1.29, 1.82) is 0 Å². The average Bonchev–Trinajstić information content (AvgIpc) is 2.66. The zero-order chi connectivity index (χ0) is 17.9. The standard InChI is InChI=1S/C19H26ClN5.HI/c1-3-25(17-8-5-4-6-9-17)13-7-12-22-19(21-2)24-15-16-10-11-18(20)23-14-16;/h4-6,8-11,14H,3,7,12-13,15H2,1-2H3,(H2,21,22,24);1H. The van der Waals surface area contributed by atoms with Gasteiger partial charge in [-0.05, 0) is 37.1 Å². The highest BCUT2D eigenvalue weighted by molar-refractivity contribution is 14.0. The number of aromatic nitrogens is 1. The summed E-state index contributed by atoms with van der Waals surface area (Å²) in [4.78, 5) is 10.7. The maximum Gasteiger partial charge on any atom is 0.191 e. The van der Waals surface area contributed by atoms with Crippen molar-refractivity contribution in [3.8, 4) is 0 Å². The van der Waals surface area contributed by atoms with Gasteiger partial charge in [-0.2, -0.15) is 0 Å². The lowest BCUT2D eigenvalue weighted by molar-refractivity contribution is 0.708. The maximum atomic E-state index is 5.80. The Morgan fingerprint density at radius 2 is 1.92 bits per heavy atom. The van der Waals surface area contributed by atoms with Gasteiger partial charge >= 0.3 is 0 Å². The first-order valence-electron chi connectivity index (χ1n) is 8.58. The van der Waals surface area contributed by atoms with Crippen LogP contribution in [-0.4, -0.2) is 37.6 Å².